The number of nitrogens with one attached hydrogen (secondary N) is 1. The molecule has 2 bridgehead atoms. The molecule has 0 saturated carbocycles. The summed E-state index contributed by atoms with van der Waals surface area (Å²) in [6, 6.07) is 0. The van der Waals surface area contributed by atoms with Crippen LogP contribution in [0.15, 0.2) is 0 Å². The zero-order chi connectivity index (χ0) is 4.69. The van der Waals surface area contributed by atoms with Crippen LogP contribution in [0.5, 0.6) is 0 Å². The van der Waals surface area contributed by atoms with E-state index in [1.54, 1.807) is 0 Å². The molecular formula is C4H8N2O. The third kappa shape index (κ3) is 0.459. The molecule has 0 aromatic heterocycles. The summed E-state index contributed by atoms with van der Waals surface area (Å²) in [5.41, 5.74) is 0. The van der Waals surface area contributed by atoms with Crippen LogP contribution in [0.25, 0.3) is 0 Å². The molecule has 0 aromatic carbocycles. The first kappa shape index (κ1) is 3.83. The van der Waals surface area contributed by atoms with Crippen molar-refractivity contribution in [3.05, 3.63) is 0 Å². The maximum absolute atomic E-state index is 5.10. The van der Waals surface area contributed by atoms with Gasteiger partial charge in [0.2, 0.25) is 0 Å². The van der Waals surface area contributed by atoms with E-state index in [1.165, 1.54) is 0 Å². The van der Waals surface area contributed by atoms with E-state index in [2.05, 4.69) is 5.32 Å². The van der Waals surface area contributed by atoms with Crippen molar-refractivity contribution in [2.45, 2.75) is 6.23 Å². The van der Waals surface area contributed by atoms with Gasteiger partial charge in [-0.1, -0.05) is 0 Å². The lowest BCUT2D eigenvalue weighted by Crippen LogP contribution is -2.63. The molecule has 3 saturated heterocycles. The zero-order valence-corrected chi connectivity index (χ0v) is 4.05. The number of piperazine rings is 1. The first-order valence-corrected chi connectivity index (χ1v) is 2.60. The molecule has 3 rings (SSSR count). The molecular weight excluding hydrogens is 92.1 g/mol. The van der Waals surface area contributed by atoms with Crippen LogP contribution in [-0.4, -0.2) is 30.9 Å². The van der Waals surface area contributed by atoms with Crippen molar-refractivity contribution in [2.24, 2.45) is 0 Å². The quantitative estimate of drug-likeness (QED) is 0.429. The number of hydrogen-bond acceptors (Lipinski definition) is 3. The average molecular weight is 100 g/mol. The average Bonchev–Trinajstić information content (AvgIpc) is 1.67. The standard InChI is InChI=1S/C4H8N2O/c1-2-6-3-4(5-1)7-6/h4-5H,1-3H2. The number of fused-ring (bicyclic) bond motifs is 2. The van der Waals surface area contributed by atoms with Gasteiger partial charge in [0.05, 0.1) is 6.54 Å². The van der Waals surface area contributed by atoms with Gasteiger partial charge in [0.15, 0.2) is 0 Å². The number of hydrogen-bond donors (Lipinski definition) is 1. The Hall–Kier alpha value is -0.120. The molecule has 3 heterocycles. The van der Waals surface area contributed by atoms with Crippen molar-refractivity contribution >= 4 is 0 Å². The van der Waals surface area contributed by atoms with E-state index in [9.17, 15) is 0 Å². The molecule has 0 spiro atoms. The molecule has 3 nitrogen and oxygen atoms in total. The summed E-state index contributed by atoms with van der Waals surface area (Å²) in [6.45, 7) is 3.22. The Balaban J connectivity index is 1.99. The Morgan fingerprint density at radius 1 is 1.71 bits per heavy atom. The van der Waals surface area contributed by atoms with E-state index in [1.807, 2.05) is 5.06 Å². The third-order valence-corrected chi connectivity index (χ3v) is 1.38. The van der Waals surface area contributed by atoms with E-state index in [0.29, 0.717) is 6.23 Å². The first-order chi connectivity index (χ1) is 3.45. The van der Waals surface area contributed by atoms with Crippen LogP contribution in [0.4, 0.5) is 0 Å². The maximum Gasteiger partial charge on any atom is 0.145 e. The monoisotopic (exact) mass is 100 g/mol. The largest absolute Gasteiger partial charge is 0.288 e. The fourth-order valence-corrected chi connectivity index (χ4v) is 0.952. The van der Waals surface area contributed by atoms with Crippen molar-refractivity contribution in [1.82, 2.24) is 10.4 Å². The van der Waals surface area contributed by atoms with Crippen LogP contribution in [0, 0.1) is 0 Å². The highest BCUT2D eigenvalue weighted by molar-refractivity contribution is 4.73. The minimum atomic E-state index is 0.355. The van der Waals surface area contributed by atoms with Crippen LogP contribution >= 0.6 is 0 Å². The van der Waals surface area contributed by atoms with Gasteiger partial charge in [-0.2, -0.15) is 5.06 Å². The van der Waals surface area contributed by atoms with E-state index < -0.39 is 0 Å². The summed E-state index contributed by atoms with van der Waals surface area (Å²) in [6.07, 6.45) is 0.355. The van der Waals surface area contributed by atoms with Crippen LogP contribution in [0.2, 0.25) is 0 Å². The predicted octanol–water partition coefficient (Wildman–Crippen LogP) is -0.837. The van der Waals surface area contributed by atoms with Crippen molar-refractivity contribution in [3.63, 3.8) is 0 Å². The summed E-state index contributed by atoms with van der Waals surface area (Å²) >= 11 is 0. The van der Waals surface area contributed by atoms with Crippen LogP contribution in [0.1, 0.15) is 0 Å². The molecule has 40 valence electrons. The minimum Gasteiger partial charge on any atom is -0.288 e. The van der Waals surface area contributed by atoms with Crippen molar-refractivity contribution in [1.29, 1.82) is 0 Å². The van der Waals surface area contributed by atoms with Gasteiger partial charge in [0, 0.05) is 13.1 Å². The van der Waals surface area contributed by atoms with Crippen molar-refractivity contribution in [2.75, 3.05) is 19.6 Å². The second-order valence-corrected chi connectivity index (χ2v) is 1.94. The second kappa shape index (κ2) is 1.18. The van der Waals surface area contributed by atoms with E-state index in [-0.39, 0.29) is 0 Å². The lowest BCUT2D eigenvalue weighted by atomic mass is 10.3. The number of hydroxylamine groups is 2. The van der Waals surface area contributed by atoms with Gasteiger partial charge < -0.3 is 0 Å². The predicted molar refractivity (Wildman–Crippen MR) is 24.4 cm³/mol. The molecule has 7 heavy (non-hydrogen) atoms. The fraction of sp³-hybridized carbons (Fsp3) is 1.00. The van der Waals surface area contributed by atoms with Gasteiger partial charge in [-0.05, 0) is 0 Å². The highest BCUT2D eigenvalue weighted by Gasteiger charge is 2.31. The normalized spacial score (nSPS) is 48.0. The second-order valence-electron chi connectivity index (χ2n) is 1.94. The lowest BCUT2D eigenvalue weighted by Gasteiger charge is -2.43. The number of rotatable bonds is 0. The highest BCUT2D eigenvalue weighted by Crippen LogP contribution is 2.12. The molecule has 0 amide bonds. The highest BCUT2D eigenvalue weighted by atomic mass is 16.7. The van der Waals surface area contributed by atoms with Gasteiger partial charge in [-0.15, -0.1) is 0 Å². The Labute approximate surface area is 42.2 Å². The molecule has 0 radical (unpaired) electrons. The van der Waals surface area contributed by atoms with Crippen LogP contribution < -0.4 is 5.32 Å². The summed E-state index contributed by atoms with van der Waals surface area (Å²) < 4.78 is 0. The smallest absolute Gasteiger partial charge is 0.145 e. The molecule has 1 N–H and O–H groups in total. The Kier molecular flexibility index (Phi) is 0.647. The first-order valence-electron chi connectivity index (χ1n) is 2.60. The Bertz CT molecular complexity index is 66.2. The van der Waals surface area contributed by atoms with E-state index in [0.717, 1.165) is 19.6 Å². The van der Waals surface area contributed by atoms with Gasteiger partial charge >= 0.3 is 0 Å². The Morgan fingerprint density at radius 3 is 2.71 bits per heavy atom. The van der Waals surface area contributed by atoms with Crippen LogP contribution in [-0.2, 0) is 4.84 Å². The zero-order valence-electron chi connectivity index (χ0n) is 4.05. The lowest BCUT2D eigenvalue weighted by molar-refractivity contribution is -0.325. The van der Waals surface area contributed by atoms with Gasteiger partial charge in [-0.3, -0.25) is 10.2 Å². The van der Waals surface area contributed by atoms with E-state index in [4.69, 9.17) is 4.84 Å². The molecule has 2 unspecified atom stereocenters. The SMILES string of the molecule is C1CN2CC(N1)O2. The minimum absolute atomic E-state index is 0.355. The molecule has 0 aromatic rings. The maximum atomic E-state index is 5.10. The molecule has 2 atom stereocenters. The fourth-order valence-electron chi connectivity index (χ4n) is 0.952. The molecule has 3 aliphatic rings. The summed E-state index contributed by atoms with van der Waals surface area (Å²) in [5.74, 6) is 0. The van der Waals surface area contributed by atoms with Crippen LogP contribution in [0.3, 0.4) is 0 Å². The topological polar surface area (TPSA) is 24.5 Å². The summed E-state index contributed by atoms with van der Waals surface area (Å²) in [5, 5.41) is 5.16. The molecule has 3 aliphatic heterocycles. The van der Waals surface area contributed by atoms with E-state index >= 15 is 0 Å². The van der Waals surface area contributed by atoms with Crippen molar-refractivity contribution in [3.8, 4) is 0 Å². The van der Waals surface area contributed by atoms with Gasteiger partial charge in [-0.25, -0.2) is 0 Å². The molecule has 0 aliphatic carbocycles. The summed E-state index contributed by atoms with van der Waals surface area (Å²) in [7, 11) is 0. The Morgan fingerprint density at radius 2 is 2.57 bits per heavy atom. The summed E-state index contributed by atoms with van der Waals surface area (Å²) in [4.78, 5) is 5.10. The van der Waals surface area contributed by atoms with Gasteiger partial charge in [0.25, 0.3) is 0 Å². The molecule has 3 fully saturated rings. The number of nitrogens with zero attached hydrogens (tertiary/aromatic N) is 1. The van der Waals surface area contributed by atoms with Crippen molar-refractivity contribution < 1.29 is 4.84 Å². The third-order valence-electron chi connectivity index (χ3n) is 1.38. The van der Waals surface area contributed by atoms with Gasteiger partial charge in [0.1, 0.15) is 6.23 Å². The molecule has 3 heteroatoms.